The van der Waals surface area contributed by atoms with Gasteiger partial charge < -0.3 is 25.2 Å². The highest BCUT2D eigenvalue weighted by atomic mass is 16.7. The fraction of sp³-hybridized carbons (Fsp3) is 1.00. The minimum absolute atomic E-state index is 1.40. The normalized spacial score (nSPS) is 52.0. The number of hydrogen-bond donors (Lipinski definition) is 4. The predicted molar refractivity (Wildman–Crippen MR) is 25.1 cm³/mol. The van der Waals surface area contributed by atoms with E-state index in [1.807, 2.05) is 0 Å². The highest BCUT2D eigenvalue weighted by Gasteiger charge is 2.40. The maximum Gasteiger partial charge on any atom is 0.186 e. The zero-order valence-corrected chi connectivity index (χ0v) is 4.51. The van der Waals surface area contributed by atoms with Crippen LogP contribution < -0.4 is 0 Å². The Morgan fingerprint density at radius 3 is 1.22 bits per heavy atom. The molecule has 0 spiro atoms. The highest BCUT2D eigenvalue weighted by Crippen LogP contribution is 2.16. The zero-order chi connectivity index (χ0) is 7.02. The average molecular weight is 136 g/mol. The van der Waals surface area contributed by atoms with Gasteiger partial charge in [0.1, 0.15) is 12.2 Å². The molecule has 4 N–H and O–H groups in total. The van der Waals surface area contributed by atoms with E-state index in [2.05, 4.69) is 4.74 Å². The largest absolute Gasteiger partial charge is 0.385 e. The third kappa shape index (κ3) is 1.05. The van der Waals surface area contributed by atoms with E-state index < -0.39 is 24.8 Å². The third-order valence-electron chi connectivity index (χ3n) is 1.21. The molecule has 0 aromatic heterocycles. The fourth-order valence-corrected chi connectivity index (χ4v) is 0.641. The first-order chi connectivity index (χ1) is 4.13. The molecule has 0 radical (unpaired) electrons. The molecular weight excluding hydrogens is 128 g/mol. The van der Waals surface area contributed by atoms with Gasteiger partial charge in [-0.25, -0.2) is 0 Å². The van der Waals surface area contributed by atoms with Crippen molar-refractivity contribution < 1.29 is 25.2 Å². The van der Waals surface area contributed by atoms with E-state index in [0.29, 0.717) is 0 Å². The van der Waals surface area contributed by atoms with Gasteiger partial charge in [-0.2, -0.15) is 0 Å². The molecule has 0 aromatic carbocycles. The lowest BCUT2D eigenvalue weighted by molar-refractivity contribution is -0.182. The summed E-state index contributed by atoms with van der Waals surface area (Å²) in [6.07, 6.45) is -5.76. The van der Waals surface area contributed by atoms with E-state index in [9.17, 15) is 0 Å². The van der Waals surface area contributed by atoms with Crippen LogP contribution in [0.15, 0.2) is 0 Å². The molecule has 1 aliphatic rings. The maximum absolute atomic E-state index is 8.65. The van der Waals surface area contributed by atoms with Crippen LogP contribution in [-0.4, -0.2) is 45.2 Å². The topological polar surface area (TPSA) is 90.2 Å². The number of hydrogen-bond acceptors (Lipinski definition) is 5. The van der Waals surface area contributed by atoms with Crippen molar-refractivity contribution >= 4 is 0 Å². The first kappa shape index (κ1) is 6.91. The molecular formula is C4H8O5. The zero-order valence-electron chi connectivity index (χ0n) is 4.51. The number of ether oxygens (including phenoxy) is 1. The molecule has 0 aromatic rings. The van der Waals surface area contributed by atoms with Gasteiger partial charge in [-0.1, -0.05) is 0 Å². The Morgan fingerprint density at radius 1 is 0.778 bits per heavy atom. The Kier molecular flexibility index (Phi) is 1.69. The lowest BCUT2D eigenvalue weighted by atomic mass is 10.2. The van der Waals surface area contributed by atoms with Crippen molar-refractivity contribution in [3.63, 3.8) is 0 Å². The number of aliphatic hydroxyl groups excluding tert-OH is 4. The molecule has 4 atom stereocenters. The second-order valence-electron chi connectivity index (χ2n) is 1.90. The van der Waals surface area contributed by atoms with E-state index in [1.165, 1.54) is 0 Å². The monoisotopic (exact) mass is 136 g/mol. The molecule has 9 heavy (non-hydrogen) atoms. The van der Waals surface area contributed by atoms with Crippen molar-refractivity contribution in [3.8, 4) is 0 Å². The molecule has 1 rings (SSSR count). The smallest absolute Gasteiger partial charge is 0.186 e. The SMILES string of the molecule is OC1O[C@@H](O)[C@H](O)[C@H]1O. The number of rotatable bonds is 0. The molecule has 0 aliphatic carbocycles. The maximum atomic E-state index is 8.65. The van der Waals surface area contributed by atoms with Gasteiger partial charge in [0.2, 0.25) is 0 Å². The Hall–Kier alpha value is -0.200. The number of aliphatic hydroxyl groups is 4. The second kappa shape index (κ2) is 2.20. The van der Waals surface area contributed by atoms with Crippen molar-refractivity contribution in [3.05, 3.63) is 0 Å². The second-order valence-corrected chi connectivity index (χ2v) is 1.90. The van der Waals surface area contributed by atoms with Crippen molar-refractivity contribution in [2.24, 2.45) is 0 Å². The first-order valence-electron chi connectivity index (χ1n) is 2.50. The Bertz CT molecular complexity index is 93.1. The van der Waals surface area contributed by atoms with Crippen LogP contribution in [0, 0.1) is 0 Å². The predicted octanol–water partition coefficient (Wildman–Crippen LogP) is -2.62. The molecule has 5 heteroatoms. The summed E-state index contributed by atoms with van der Waals surface area (Å²) in [7, 11) is 0. The van der Waals surface area contributed by atoms with E-state index in [1.54, 1.807) is 0 Å². The molecule has 1 unspecified atom stereocenters. The molecule has 0 bridgehead atoms. The van der Waals surface area contributed by atoms with Crippen molar-refractivity contribution in [2.45, 2.75) is 24.8 Å². The van der Waals surface area contributed by atoms with Crippen LogP contribution in [0.1, 0.15) is 0 Å². The van der Waals surface area contributed by atoms with Crippen molar-refractivity contribution in [1.29, 1.82) is 0 Å². The first-order valence-corrected chi connectivity index (χ1v) is 2.50. The van der Waals surface area contributed by atoms with Gasteiger partial charge in [0.05, 0.1) is 0 Å². The van der Waals surface area contributed by atoms with Gasteiger partial charge in [-0.05, 0) is 0 Å². The van der Waals surface area contributed by atoms with E-state index >= 15 is 0 Å². The van der Waals surface area contributed by atoms with Crippen LogP contribution in [0.3, 0.4) is 0 Å². The summed E-state index contributed by atoms with van der Waals surface area (Å²) in [5.74, 6) is 0. The van der Waals surface area contributed by atoms with E-state index in [4.69, 9.17) is 20.4 Å². The van der Waals surface area contributed by atoms with Crippen LogP contribution in [0.2, 0.25) is 0 Å². The van der Waals surface area contributed by atoms with Crippen molar-refractivity contribution in [1.82, 2.24) is 0 Å². The fourth-order valence-electron chi connectivity index (χ4n) is 0.641. The summed E-state index contributed by atoms with van der Waals surface area (Å²) in [5, 5.41) is 34.4. The minimum atomic E-state index is -1.48. The summed E-state index contributed by atoms with van der Waals surface area (Å²) < 4.78 is 4.20. The van der Waals surface area contributed by atoms with Crippen LogP contribution in [-0.2, 0) is 4.74 Å². The molecule has 1 heterocycles. The Balaban J connectivity index is 2.54. The van der Waals surface area contributed by atoms with Crippen molar-refractivity contribution in [2.75, 3.05) is 0 Å². The van der Waals surface area contributed by atoms with E-state index in [0.717, 1.165) is 0 Å². The van der Waals surface area contributed by atoms with Crippen LogP contribution in [0.25, 0.3) is 0 Å². The Morgan fingerprint density at radius 2 is 1.11 bits per heavy atom. The van der Waals surface area contributed by atoms with Gasteiger partial charge in [0.15, 0.2) is 12.6 Å². The lowest BCUT2D eigenvalue weighted by Crippen LogP contribution is -2.32. The summed E-state index contributed by atoms with van der Waals surface area (Å²) >= 11 is 0. The molecule has 0 amide bonds. The van der Waals surface area contributed by atoms with Gasteiger partial charge in [0, 0.05) is 0 Å². The summed E-state index contributed by atoms with van der Waals surface area (Å²) in [6.45, 7) is 0. The quantitative estimate of drug-likeness (QED) is 0.292. The van der Waals surface area contributed by atoms with Gasteiger partial charge in [-0.3, -0.25) is 0 Å². The van der Waals surface area contributed by atoms with Crippen LogP contribution in [0.4, 0.5) is 0 Å². The highest BCUT2D eigenvalue weighted by molar-refractivity contribution is 4.78. The summed E-state index contributed by atoms with van der Waals surface area (Å²) in [5.41, 5.74) is 0. The molecule has 1 aliphatic heterocycles. The molecule has 5 nitrogen and oxygen atoms in total. The lowest BCUT2D eigenvalue weighted by Gasteiger charge is -2.06. The molecule has 1 saturated heterocycles. The minimum Gasteiger partial charge on any atom is -0.385 e. The van der Waals surface area contributed by atoms with E-state index in [-0.39, 0.29) is 0 Å². The average Bonchev–Trinajstić information content (AvgIpc) is 1.98. The summed E-state index contributed by atoms with van der Waals surface area (Å²) in [6, 6.07) is 0. The van der Waals surface area contributed by atoms with Gasteiger partial charge in [-0.15, -0.1) is 0 Å². The van der Waals surface area contributed by atoms with Gasteiger partial charge in [0.25, 0.3) is 0 Å². The molecule has 1 fully saturated rings. The third-order valence-corrected chi connectivity index (χ3v) is 1.21. The standard InChI is InChI=1S/C4H8O5/c5-1-2(6)4(8)9-3(1)7/h1-8H/t1-,2-,3-,4?/m1/s1. The van der Waals surface area contributed by atoms with Gasteiger partial charge >= 0.3 is 0 Å². The Labute approximate surface area is 51.1 Å². The summed E-state index contributed by atoms with van der Waals surface area (Å²) in [4.78, 5) is 0. The molecule has 54 valence electrons. The van der Waals surface area contributed by atoms with Crippen LogP contribution >= 0.6 is 0 Å². The van der Waals surface area contributed by atoms with Crippen LogP contribution in [0.5, 0.6) is 0 Å². The molecule has 0 saturated carbocycles.